The summed E-state index contributed by atoms with van der Waals surface area (Å²) in [5.41, 5.74) is 2.66. The van der Waals surface area contributed by atoms with Crippen LogP contribution in [0.5, 0.6) is 0 Å². The minimum Gasteiger partial charge on any atom is -0.344 e. The van der Waals surface area contributed by atoms with Crippen LogP contribution in [0.4, 0.5) is 10.1 Å². The van der Waals surface area contributed by atoms with Crippen LogP contribution in [0, 0.1) is 12.7 Å². The number of rotatable bonds is 4. The Morgan fingerprint density at radius 3 is 2.62 bits per heavy atom. The highest BCUT2D eigenvalue weighted by Crippen LogP contribution is 2.22. The molecule has 1 atom stereocenters. The first kappa shape index (κ1) is 16.2. The largest absolute Gasteiger partial charge is 0.344 e. The van der Waals surface area contributed by atoms with Crippen molar-refractivity contribution in [1.82, 2.24) is 5.32 Å². The molecule has 2 aromatic rings. The van der Waals surface area contributed by atoms with Gasteiger partial charge in [0.1, 0.15) is 11.9 Å². The molecule has 0 aliphatic carbocycles. The van der Waals surface area contributed by atoms with E-state index in [1.807, 2.05) is 31.2 Å². The number of carbonyl (C=O) groups is 2. The number of carbonyl (C=O) groups excluding carboxylic acids is 2. The molecule has 0 bridgehead atoms. The van der Waals surface area contributed by atoms with E-state index in [2.05, 4.69) is 5.32 Å². The summed E-state index contributed by atoms with van der Waals surface area (Å²) in [6, 6.07) is 13.0. The van der Waals surface area contributed by atoms with Gasteiger partial charge >= 0.3 is 0 Å². The second-order valence-electron chi connectivity index (χ2n) is 5.98. The van der Waals surface area contributed by atoms with Crippen LogP contribution in [0.3, 0.4) is 0 Å². The van der Waals surface area contributed by atoms with Crippen LogP contribution in [0.15, 0.2) is 48.5 Å². The summed E-state index contributed by atoms with van der Waals surface area (Å²) < 4.78 is 13.0. The van der Waals surface area contributed by atoms with Gasteiger partial charge in [-0.15, -0.1) is 0 Å². The lowest BCUT2D eigenvalue weighted by Gasteiger charge is -2.17. The fourth-order valence-corrected chi connectivity index (χ4v) is 2.92. The van der Waals surface area contributed by atoms with Crippen molar-refractivity contribution in [1.29, 1.82) is 0 Å². The molecular formula is C19H19FN2O2. The number of halogens is 1. The van der Waals surface area contributed by atoms with Crippen molar-refractivity contribution in [3.8, 4) is 0 Å². The lowest BCUT2D eigenvalue weighted by molar-refractivity contribution is -0.126. The van der Waals surface area contributed by atoms with Crippen LogP contribution >= 0.6 is 0 Å². The van der Waals surface area contributed by atoms with Gasteiger partial charge in [0.15, 0.2) is 0 Å². The van der Waals surface area contributed by atoms with Crippen molar-refractivity contribution in [3.63, 3.8) is 0 Å². The summed E-state index contributed by atoms with van der Waals surface area (Å²) in [6.45, 7) is 2.47. The zero-order valence-corrected chi connectivity index (χ0v) is 13.5. The van der Waals surface area contributed by atoms with Gasteiger partial charge in [-0.05, 0) is 48.7 Å². The first-order valence-corrected chi connectivity index (χ1v) is 7.95. The molecule has 4 nitrogen and oxygen atoms in total. The highest BCUT2D eigenvalue weighted by molar-refractivity contribution is 6.01. The molecule has 2 amide bonds. The molecule has 2 aromatic carbocycles. The standard InChI is InChI=1S/C19H19FN2O2/c1-13-4-2-3-5-14(13)12-18(23)21-17-10-11-22(19(17)24)16-8-6-15(20)7-9-16/h2-9,17H,10-12H2,1H3,(H,21,23)/t17-/m0/s1. The number of nitrogens with zero attached hydrogens (tertiary/aromatic N) is 1. The number of amides is 2. The zero-order valence-electron chi connectivity index (χ0n) is 13.5. The predicted octanol–water partition coefficient (Wildman–Crippen LogP) is 2.60. The lowest BCUT2D eigenvalue weighted by atomic mass is 10.1. The molecule has 0 spiro atoms. The van der Waals surface area contributed by atoms with Crippen LogP contribution in [-0.2, 0) is 16.0 Å². The molecule has 1 fully saturated rings. The Morgan fingerprint density at radius 2 is 1.92 bits per heavy atom. The Morgan fingerprint density at radius 1 is 1.21 bits per heavy atom. The van der Waals surface area contributed by atoms with Crippen LogP contribution in [0.25, 0.3) is 0 Å². The van der Waals surface area contributed by atoms with Crippen molar-refractivity contribution in [2.45, 2.75) is 25.8 Å². The molecule has 0 unspecified atom stereocenters. The summed E-state index contributed by atoms with van der Waals surface area (Å²) in [5.74, 6) is -0.656. The average Bonchev–Trinajstić information content (AvgIpc) is 2.91. The molecule has 5 heteroatoms. The van der Waals surface area contributed by atoms with E-state index in [0.717, 1.165) is 11.1 Å². The Bertz CT molecular complexity index is 758. The first-order chi connectivity index (χ1) is 11.5. The molecule has 0 aromatic heterocycles. The van der Waals surface area contributed by atoms with E-state index in [4.69, 9.17) is 0 Å². The summed E-state index contributed by atoms with van der Waals surface area (Å²) in [5, 5.41) is 2.81. The summed E-state index contributed by atoms with van der Waals surface area (Å²) in [4.78, 5) is 26.3. The Kier molecular flexibility index (Phi) is 4.60. The van der Waals surface area contributed by atoms with Crippen LogP contribution < -0.4 is 10.2 Å². The third-order valence-corrected chi connectivity index (χ3v) is 4.29. The number of nitrogens with one attached hydrogen (secondary N) is 1. The Balaban J connectivity index is 1.62. The summed E-state index contributed by atoms with van der Waals surface area (Å²) in [6.07, 6.45) is 0.808. The molecule has 1 aliphatic rings. The summed E-state index contributed by atoms with van der Waals surface area (Å²) >= 11 is 0. The second-order valence-corrected chi connectivity index (χ2v) is 5.98. The quantitative estimate of drug-likeness (QED) is 0.939. The van der Waals surface area contributed by atoms with Gasteiger partial charge in [0.05, 0.1) is 6.42 Å². The van der Waals surface area contributed by atoms with Gasteiger partial charge in [-0.3, -0.25) is 9.59 Å². The number of anilines is 1. The van der Waals surface area contributed by atoms with E-state index in [1.165, 1.54) is 12.1 Å². The van der Waals surface area contributed by atoms with Gasteiger partial charge in [-0.25, -0.2) is 4.39 Å². The monoisotopic (exact) mass is 326 g/mol. The molecule has 3 rings (SSSR count). The van der Waals surface area contributed by atoms with Crippen LogP contribution in [0.2, 0.25) is 0 Å². The minimum absolute atomic E-state index is 0.153. The third kappa shape index (κ3) is 3.45. The van der Waals surface area contributed by atoms with Crippen LogP contribution in [-0.4, -0.2) is 24.4 Å². The molecule has 1 aliphatic heterocycles. The SMILES string of the molecule is Cc1ccccc1CC(=O)N[C@H]1CCN(c2ccc(F)cc2)C1=O. The fraction of sp³-hybridized carbons (Fsp3) is 0.263. The van der Waals surface area contributed by atoms with Gasteiger partial charge in [0.2, 0.25) is 11.8 Å². The maximum absolute atomic E-state index is 13.0. The molecule has 0 radical (unpaired) electrons. The van der Waals surface area contributed by atoms with Crippen molar-refractivity contribution in [2.75, 3.05) is 11.4 Å². The van der Waals surface area contributed by atoms with Crippen molar-refractivity contribution in [3.05, 3.63) is 65.5 Å². The Hall–Kier alpha value is -2.69. The predicted molar refractivity (Wildman–Crippen MR) is 90.2 cm³/mol. The molecule has 0 saturated carbocycles. The average molecular weight is 326 g/mol. The van der Waals surface area contributed by atoms with Gasteiger partial charge in [0.25, 0.3) is 0 Å². The molecule has 1 N–H and O–H groups in total. The smallest absolute Gasteiger partial charge is 0.249 e. The van der Waals surface area contributed by atoms with Gasteiger partial charge in [-0.2, -0.15) is 0 Å². The number of aryl methyl sites for hydroxylation is 1. The number of benzene rings is 2. The molecule has 1 heterocycles. The topological polar surface area (TPSA) is 49.4 Å². The summed E-state index contributed by atoms with van der Waals surface area (Å²) in [7, 11) is 0. The number of hydrogen-bond acceptors (Lipinski definition) is 2. The van der Waals surface area contributed by atoms with Crippen LogP contribution in [0.1, 0.15) is 17.5 Å². The van der Waals surface area contributed by atoms with Crippen molar-refractivity contribution >= 4 is 17.5 Å². The normalized spacial score (nSPS) is 17.2. The van der Waals surface area contributed by atoms with Gasteiger partial charge in [0, 0.05) is 12.2 Å². The van der Waals surface area contributed by atoms with E-state index < -0.39 is 6.04 Å². The van der Waals surface area contributed by atoms with Crippen molar-refractivity contribution in [2.24, 2.45) is 0 Å². The number of hydrogen-bond donors (Lipinski definition) is 1. The Labute approximate surface area is 140 Å². The lowest BCUT2D eigenvalue weighted by Crippen LogP contribution is -2.42. The van der Waals surface area contributed by atoms with E-state index in [9.17, 15) is 14.0 Å². The maximum Gasteiger partial charge on any atom is 0.249 e. The molecule has 124 valence electrons. The highest BCUT2D eigenvalue weighted by Gasteiger charge is 2.33. The first-order valence-electron chi connectivity index (χ1n) is 7.95. The highest BCUT2D eigenvalue weighted by atomic mass is 19.1. The fourth-order valence-electron chi connectivity index (χ4n) is 2.92. The second kappa shape index (κ2) is 6.83. The minimum atomic E-state index is -0.522. The van der Waals surface area contributed by atoms with E-state index in [-0.39, 0.29) is 24.1 Å². The molecule has 1 saturated heterocycles. The van der Waals surface area contributed by atoms with E-state index >= 15 is 0 Å². The van der Waals surface area contributed by atoms with E-state index in [0.29, 0.717) is 18.7 Å². The third-order valence-electron chi connectivity index (χ3n) is 4.29. The van der Waals surface area contributed by atoms with Gasteiger partial charge < -0.3 is 10.2 Å². The van der Waals surface area contributed by atoms with Crippen molar-refractivity contribution < 1.29 is 14.0 Å². The van der Waals surface area contributed by atoms with Gasteiger partial charge in [-0.1, -0.05) is 24.3 Å². The zero-order chi connectivity index (χ0) is 17.1. The molecule has 24 heavy (non-hydrogen) atoms. The maximum atomic E-state index is 13.0. The molecular weight excluding hydrogens is 307 g/mol. The van der Waals surface area contributed by atoms with E-state index in [1.54, 1.807) is 17.0 Å².